The third-order valence-electron chi connectivity index (χ3n) is 5.36. The van der Waals surface area contributed by atoms with Crippen molar-refractivity contribution in [2.45, 2.75) is 19.8 Å². The average molecular weight is 361 g/mol. The van der Waals surface area contributed by atoms with Crippen molar-refractivity contribution in [3.63, 3.8) is 0 Å². The van der Waals surface area contributed by atoms with Gasteiger partial charge in [0.05, 0.1) is 12.0 Å². The summed E-state index contributed by atoms with van der Waals surface area (Å²) in [6, 6.07) is 1.76. The predicted octanol–water partition coefficient (Wildman–Crippen LogP) is 1.24. The van der Waals surface area contributed by atoms with Crippen molar-refractivity contribution in [1.29, 1.82) is 0 Å². The minimum absolute atomic E-state index is 0.00300. The van der Waals surface area contributed by atoms with E-state index < -0.39 is 5.41 Å². The Morgan fingerprint density at radius 1 is 1.31 bits per heavy atom. The van der Waals surface area contributed by atoms with Crippen molar-refractivity contribution in [3.05, 3.63) is 18.5 Å². The summed E-state index contributed by atoms with van der Waals surface area (Å²) in [5, 5.41) is 0. The summed E-state index contributed by atoms with van der Waals surface area (Å²) in [6.45, 7) is 4.56. The van der Waals surface area contributed by atoms with Crippen LogP contribution in [0.2, 0.25) is 0 Å². The maximum absolute atomic E-state index is 12.9. The molecular weight excluding hydrogens is 334 g/mol. The molecule has 8 nitrogen and oxygen atoms in total. The molecule has 2 aliphatic rings. The van der Waals surface area contributed by atoms with Crippen molar-refractivity contribution in [2.24, 2.45) is 11.3 Å². The monoisotopic (exact) mass is 361 g/mol. The molecule has 2 aliphatic heterocycles. The third kappa shape index (κ3) is 3.32. The zero-order valence-electron chi connectivity index (χ0n) is 15.7. The number of esters is 1. The van der Waals surface area contributed by atoms with E-state index >= 15 is 0 Å². The van der Waals surface area contributed by atoms with Crippen LogP contribution in [0.4, 0.5) is 10.7 Å². The normalized spacial score (nSPS) is 25.4. The largest absolute Gasteiger partial charge is 0.466 e. The molecule has 0 N–H and O–H groups in total. The van der Waals surface area contributed by atoms with Gasteiger partial charge in [-0.2, -0.15) is 0 Å². The first-order valence-electron chi connectivity index (χ1n) is 9.13. The zero-order valence-corrected chi connectivity index (χ0v) is 15.7. The highest BCUT2D eigenvalue weighted by Gasteiger charge is 2.55. The Balaban J connectivity index is 1.89. The lowest BCUT2D eigenvalue weighted by Crippen LogP contribution is -2.45. The van der Waals surface area contributed by atoms with E-state index in [9.17, 15) is 9.59 Å². The molecule has 0 radical (unpaired) electrons. The highest BCUT2D eigenvalue weighted by Crippen LogP contribution is 2.44. The van der Waals surface area contributed by atoms with Gasteiger partial charge in [-0.3, -0.25) is 4.79 Å². The van der Waals surface area contributed by atoms with E-state index in [1.54, 1.807) is 37.5 Å². The molecule has 0 unspecified atom stereocenters. The molecule has 1 aromatic heterocycles. The van der Waals surface area contributed by atoms with Crippen LogP contribution in [0.5, 0.6) is 0 Å². The van der Waals surface area contributed by atoms with E-state index in [1.165, 1.54) is 0 Å². The summed E-state index contributed by atoms with van der Waals surface area (Å²) < 4.78 is 5.45. The molecule has 1 aromatic rings. The van der Waals surface area contributed by atoms with Gasteiger partial charge in [-0.05, 0) is 25.8 Å². The number of aromatic nitrogens is 2. The number of carbonyl (C=O) groups excluding carboxylic acids is 2. The quantitative estimate of drug-likeness (QED) is 0.754. The van der Waals surface area contributed by atoms with Gasteiger partial charge in [-0.1, -0.05) is 0 Å². The first-order chi connectivity index (χ1) is 12.5. The van der Waals surface area contributed by atoms with Gasteiger partial charge >= 0.3 is 12.0 Å². The van der Waals surface area contributed by atoms with Gasteiger partial charge in [-0.25, -0.2) is 14.8 Å². The number of nitrogens with zero attached hydrogens (tertiary/aromatic N) is 5. The molecule has 2 atom stereocenters. The molecule has 0 aliphatic carbocycles. The van der Waals surface area contributed by atoms with Gasteiger partial charge in [0.15, 0.2) is 0 Å². The van der Waals surface area contributed by atoms with E-state index in [4.69, 9.17) is 4.74 Å². The van der Waals surface area contributed by atoms with Crippen LogP contribution in [-0.2, 0) is 9.53 Å². The maximum Gasteiger partial charge on any atom is 0.319 e. The number of hydrogen-bond donors (Lipinski definition) is 0. The zero-order chi connectivity index (χ0) is 18.7. The average Bonchev–Trinajstić information content (AvgIpc) is 2.91. The molecule has 142 valence electrons. The van der Waals surface area contributed by atoms with Crippen LogP contribution in [-0.4, -0.2) is 78.6 Å². The summed E-state index contributed by atoms with van der Waals surface area (Å²) in [4.78, 5) is 39.6. The second-order valence-corrected chi connectivity index (χ2v) is 7.23. The molecule has 2 saturated heterocycles. The number of anilines is 1. The number of hydrogen-bond acceptors (Lipinski definition) is 6. The summed E-state index contributed by atoms with van der Waals surface area (Å²) in [5.41, 5.74) is -0.615. The molecule has 0 spiro atoms. The Hall–Kier alpha value is -2.38. The molecule has 8 heteroatoms. The van der Waals surface area contributed by atoms with Crippen LogP contribution < -0.4 is 4.90 Å². The lowest BCUT2D eigenvalue weighted by molar-refractivity contribution is -0.157. The van der Waals surface area contributed by atoms with Gasteiger partial charge in [0, 0.05) is 58.6 Å². The first kappa shape index (κ1) is 18.4. The fourth-order valence-electron chi connectivity index (χ4n) is 4.10. The molecule has 0 bridgehead atoms. The highest BCUT2D eigenvalue weighted by atomic mass is 16.5. The van der Waals surface area contributed by atoms with Gasteiger partial charge in [-0.15, -0.1) is 0 Å². The fourth-order valence-corrected chi connectivity index (χ4v) is 4.10. The van der Waals surface area contributed by atoms with Crippen molar-refractivity contribution in [3.8, 4) is 0 Å². The maximum atomic E-state index is 12.9. The Labute approximate surface area is 154 Å². The number of fused-ring (bicyclic) bond motifs is 1. The highest BCUT2D eigenvalue weighted by molar-refractivity contribution is 5.80. The van der Waals surface area contributed by atoms with Crippen LogP contribution in [0.15, 0.2) is 18.5 Å². The van der Waals surface area contributed by atoms with Gasteiger partial charge in [0.1, 0.15) is 0 Å². The molecule has 3 heterocycles. The van der Waals surface area contributed by atoms with Gasteiger partial charge in [0.25, 0.3) is 0 Å². The van der Waals surface area contributed by atoms with Crippen molar-refractivity contribution in [1.82, 2.24) is 19.8 Å². The third-order valence-corrected chi connectivity index (χ3v) is 5.36. The van der Waals surface area contributed by atoms with E-state index in [1.807, 2.05) is 16.7 Å². The number of urea groups is 1. The minimum Gasteiger partial charge on any atom is -0.466 e. The standard InChI is InChI=1S/C18H27N5O3/c1-4-26-15(24)18-7-5-10-22(17(25)21(2)3)11-14(18)12-23(13-18)16-19-8-6-9-20-16/h6,8-9,14H,4-5,7,10-13H2,1-3H3/t14-,18-/m1/s1. The van der Waals surface area contributed by atoms with Gasteiger partial charge < -0.3 is 19.4 Å². The van der Waals surface area contributed by atoms with Crippen molar-refractivity contribution in [2.75, 3.05) is 51.8 Å². The lowest BCUT2D eigenvalue weighted by Gasteiger charge is -2.31. The Morgan fingerprint density at radius 2 is 2.04 bits per heavy atom. The summed E-state index contributed by atoms with van der Waals surface area (Å²) in [6.07, 6.45) is 4.89. The van der Waals surface area contributed by atoms with Crippen molar-refractivity contribution >= 4 is 17.9 Å². The number of ether oxygens (including phenoxy) is 1. The SMILES string of the molecule is CCOC(=O)[C@@]12CCCN(C(=O)N(C)C)C[C@@H]1CN(c1ncccn1)C2. The number of carbonyl (C=O) groups is 2. The van der Waals surface area contributed by atoms with E-state index in [0.29, 0.717) is 45.2 Å². The summed E-state index contributed by atoms with van der Waals surface area (Å²) in [7, 11) is 3.51. The smallest absolute Gasteiger partial charge is 0.319 e. The summed E-state index contributed by atoms with van der Waals surface area (Å²) in [5.74, 6) is 0.453. The number of rotatable bonds is 3. The van der Waals surface area contributed by atoms with E-state index in [-0.39, 0.29) is 17.9 Å². The van der Waals surface area contributed by atoms with Crippen LogP contribution in [0, 0.1) is 11.3 Å². The van der Waals surface area contributed by atoms with Crippen molar-refractivity contribution < 1.29 is 14.3 Å². The lowest BCUT2D eigenvalue weighted by atomic mass is 9.75. The Morgan fingerprint density at radius 3 is 2.69 bits per heavy atom. The molecule has 3 rings (SSSR count). The van der Waals surface area contributed by atoms with Crippen LogP contribution >= 0.6 is 0 Å². The number of likely N-dealkylation sites (tertiary alicyclic amines) is 1. The van der Waals surface area contributed by atoms with Crippen LogP contribution in [0.3, 0.4) is 0 Å². The minimum atomic E-state index is -0.615. The molecule has 0 aromatic carbocycles. The van der Waals surface area contributed by atoms with Gasteiger partial charge in [0.2, 0.25) is 5.95 Å². The topological polar surface area (TPSA) is 78.9 Å². The fraction of sp³-hybridized carbons (Fsp3) is 0.667. The predicted molar refractivity (Wildman–Crippen MR) is 96.7 cm³/mol. The van der Waals surface area contributed by atoms with E-state index in [2.05, 4.69) is 9.97 Å². The van der Waals surface area contributed by atoms with Crippen LogP contribution in [0.1, 0.15) is 19.8 Å². The Kier molecular flexibility index (Phi) is 5.29. The second kappa shape index (κ2) is 7.47. The Bertz CT molecular complexity index is 653. The first-order valence-corrected chi connectivity index (χ1v) is 9.13. The molecule has 2 fully saturated rings. The molecule has 2 amide bonds. The summed E-state index contributed by atoms with van der Waals surface area (Å²) >= 11 is 0. The second-order valence-electron chi connectivity index (χ2n) is 7.23. The molecule has 0 saturated carbocycles. The molecular formula is C18H27N5O3. The van der Waals surface area contributed by atoms with Crippen LogP contribution in [0.25, 0.3) is 0 Å². The van der Waals surface area contributed by atoms with E-state index in [0.717, 1.165) is 6.42 Å². The number of amides is 2. The molecule has 26 heavy (non-hydrogen) atoms.